The second-order valence-corrected chi connectivity index (χ2v) is 6.18. The van der Waals surface area contributed by atoms with Crippen LogP contribution in [0, 0.1) is 0 Å². The van der Waals surface area contributed by atoms with Crippen LogP contribution in [0.5, 0.6) is 5.75 Å². The molecule has 0 saturated heterocycles. The van der Waals surface area contributed by atoms with Crippen molar-refractivity contribution in [3.05, 3.63) is 29.8 Å². The molecular formula is C20H30N2O5. The predicted octanol–water partition coefficient (Wildman–Crippen LogP) is 2.28. The highest BCUT2D eigenvalue weighted by molar-refractivity contribution is 5.92. The Bertz CT molecular complexity index is 638. The Hall–Kier alpha value is -2.57. The molecule has 0 atom stereocenters. The number of hydrogen-bond acceptors (Lipinski definition) is 5. The molecule has 1 N–H and O–H groups in total. The third kappa shape index (κ3) is 5.70. The zero-order valence-electron chi connectivity index (χ0n) is 16.8. The van der Waals surface area contributed by atoms with E-state index in [1.54, 1.807) is 18.9 Å². The maximum absolute atomic E-state index is 12.9. The third-order valence-electron chi connectivity index (χ3n) is 4.69. The van der Waals surface area contributed by atoms with Crippen LogP contribution >= 0.6 is 0 Å². The van der Waals surface area contributed by atoms with Crippen LogP contribution in [0.2, 0.25) is 0 Å². The van der Waals surface area contributed by atoms with Gasteiger partial charge in [-0.05, 0) is 37.5 Å². The monoisotopic (exact) mass is 378 g/mol. The van der Waals surface area contributed by atoms with Gasteiger partial charge in [-0.15, -0.1) is 0 Å². The lowest BCUT2D eigenvalue weighted by Gasteiger charge is -2.41. The third-order valence-corrected chi connectivity index (χ3v) is 4.69. The van der Waals surface area contributed by atoms with Gasteiger partial charge < -0.3 is 19.7 Å². The molecule has 27 heavy (non-hydrogen) atoms. The van der Waals surface area contributed by atoms with Crippen molar-refractivity contribution in [2.24, 2.45) is 0 Å². The Kier molecular flexibility index (Phi) is 8.78. The minimum atomic E-state index is -1.04. The number of hydrogen-bond donors (Lipinski definition) is 1. The number of amides is 2. The molecule has 7 nitrogen and oxygen atoms in total. The summed E-state index contributed by atoms with van der Waals surface area (Å²) in [6.45, 7) is 7.18. The number of rotatable bonds is 10. The van der Waals surface area contributed by atoms with Gasteiger partial charge in [0.25, 0.3) is 0 Å². The lowest BCUT2D eigenvalue weighted by Crippen LogP contribution is -2.60. The summed E-state index contributed by atoms with van der Waals surface area (Å²) < 4.78 is 10.0. The zero-order chi connectivity index (χ0) is 20.4. The second kappa shape index (κ2) is 10.5. The van der Waals surface area contributed by atoms with Gasteiger partial charge in [0.1, 0.15) is 17.8 Å². The van der Waals surface area contributed by atoms with Gasteiger partial charge in [-0.2, -0.15) is 0 Å². The van der Waals surface area contributed by atoms with E-state index in [0.717, 1.165) is 11.3 Å². The highest BCUT2D eigenvalue weighted by Crippen LogP contribution is 2.27. The van der Waals surface area contributed by atoms with E-state index >= 15 is 0 Å². The van der Waals surface area contributed by atoms with Crippen LogP contribution in [0.1, 0.15) is 46.1 Å². The van der Waals surface area contributed by atoms with Crippen molar-refractivity contribution in [2.75, 3.05) is 20.3 Å². The fourth-order valence-electron chi connectivity index (χ4n) is 3.08. The van der Waals surface area contributed by atoms with Gasteiger partial charge in [0.15, 0.2) is 0 Å². The first-order chi connectivity index (χ1) is 12.8. The van der Waals surface area contributed by atoms with E-state index in [2.05, 4.69) is 5.32 Å². The molecule has 0 aromatic heterocycles. The van der Waals surface area contributed by atoms with Gasteiger partial charge >= 0.3 is 5.97 Å². The molecule has 1 rings (SSSR count). The first-order valence-corrected chi connectivity index (χ1v) is 9.19. The molecule has 2 amide bonds. The maximum atomic E-state index is 12.9. The van der Waals surface area contributed by atoms with E-state index in [1.807, 2.05) is 38.1 Å². The average Bonchev–Trinajstić information content (AvgIpc) is 2.67. The average molecular weight is 378 g/mol. The molecule has 0 spiro atoms. The van der Waals surface area contributed by atoms with E-state index in [9.17, 15) is 14.4 Å². The molecule has 0 saturated carbocycles. The largest absolute Gasteiger partial charge is 0.497 e. The number of benzene rings is 1. The summed E-state index contributed by atoms with van der Waals surface area (Å²) in [5.74, 6) is -0.348. The molecule has 0 heterocycles. The van der Waals surface area contributed by atoms with E-state index in [0.29, 0.717) is 12.8 Å². The number of carbonyl (C=O) groups excluding carboxylic acids is 3. The van der Waals surface area contributed by atoms with Crippen LogP contribution in [-0.2, 0) is 25.7 Å². The molecule has 0 unspecified atom stereocenters. The fraction of sp³-hybridized carbons (Fsp3) is 0.550. The second-order valence-electron chi connectivity index (χ2n) is 6.18. The molecule has 0 aliphatic carbocycles. The number of ether oxygens (including phenoxy) is 2. The van der Waals surface area contributed by atoms with Crippen LogP contribution in [-0.4, -0.2) is 48.5 Å². The fourth-order valence-corrected chi connectivity index (χ4v) is 3.08. The van der Waals surface area contributed by atoms with Gasteiger partial charge in [-0.25, -0.2) is 0 Å². The molecule has 0 aliphatic rings. The van der Waals surface area contributed by atoms with Crippen molar-refractivity contribution in [1.82, 2.24) is 10.2 Å². The number of carbonyl (C=O) groups is 3. The van der Waals surface area contributed by atoms with Crippen molar-refractivity contribution < 1.29 is 23.9 Å². The molecule has 0 radical (unpaired) electrons. The number of nitrogens with one attached hydrogen (secondary N) is 1. The first kappa shape index (κ1) is 22.5. The van der Waals surface area contributed by atoms with E-state index in [4.69, 9.17) is 9.47 Å². The molecular weight excluding hydrogens is 348 g/mol. The van der Waals surface area contributed by atoms with Crippen molar-refractivity contribution in [3.63, 3.8) is 0 Å². The molecule has 1 aromatic carbocycles. The van der Waals surface area contributed by atoms with Crippen molar-refractivity contribution >= 4 is 17.8 Å². The van der Waals surface area contributed by atoms with Gasteiger partial charge in [0.05, 0.1) is 13.7 Å². The molecule has 0 aliphatic heterocycles. The molecule has 1 aromatic rings. The summed E-state index contributed by atoms with van der Waals surface area (Å²) in [6, 6.07) is 7.35. The lowest BCUT2D eigenvalue weighted by atomic mass is 9.88. The number of nitrogens with zero attached hydrogens (tertiary/aromatic N) is 1. The highest BCUT2D eigenvalue weighted by atomic mass is 16.5. The summed E-state index contributed by atoms with van der Waals surface area (Å²) in [5, 5.41) is 2.62. The topological polar surface area (TPSA) is 84.9 Å². The van der Waals surface area contributed by atoms with Gasteiger partial charge in [-0.3, -0.25) is 14.4 Å². The molecule has 0 bridgehead atoms. The zero-order valence-corrected chi connectivity index (χ0v) is 16.8. The summed E-state index contributed by atoms with van der Waals surface area (Å²) in [6.07, 6.45) is 0.849. The number of esters is 1. The van der Waals surface area contributed by atoms with Crippen LogP contribution in [0.15, 0.2) is 24.3 Å². The summed E-state index contributed by atoms with van der Waals surface area (Å²) >= 11 is 0. The lowest BCUT2D eigenvalue weighted by molar-refractivity contribution is -0.150. The summed E-state index contributed by atoms with van der Waals surface area (Å²) in [7, 11) is 1.59. The predicted molar refractivity (Wildman–Crippen MR) is 102 cm³/mol. The van der Waals surface area contributed by atoms with Crippen molar-refractivity contribution in [2.45, 2.75) is 52.6 Å². The number of methoxy groups -OCH3 is 1. The normalized spacial score (nSPS) is 10.9. The Morgan fingerprint density at radius 1 is 1.07 bits per heavy atom. The summed E-state index contributed by atoms with van der Waals surface area (Å²) in [5.41, 5.74) is -0.159. The minimum absolute atomic E-state index is 0.208. The Morgan fingerprint density at radius 3 is 2.11 bits per heavy atom. The van der Waals surface area contributed by atoms with E-state index in [1.165, 1.54) is 6.92 Å². The Morgan fingerprint density at radius 2 is 1.67 bits per heavy atom. The SMILES string of the molecule is CCOC(=O)CNC(=O)C(CC)(CC)N(Cc1ccc(OC)cc1)C(C)=O. The van der Waals surface area contributed by atoms with Gasteiger partial charge in [-0.1, -0.05) is 26.0 Å². The standard InChI is InChI=1S/C20H30N2O5/c1-6-20(7-2,19(25)21-13-18(24)27-8-3)22(15(4)23)14-16-9-11-17(26-5)12-10-16/h9-12H,6-8,13-14H2,1-5H3,(H,21,25). The highest BCUT2D eigenvalue weighted by Gasteiger charge is 2.42. The van der Waals surface area contributed by atoms with Crippen LogP contribution in [0.3, 0.4) is 0 Å². The molecule has 150 valence electrons. The van der Waals surface area contributed by atoms with E-state index < -0.39 is 11.5 Å². The molecule has 7 heteroatoms. The minimum Gasteiger partial charge on any atom is -0.497 e. The van der Waals surface area contributed by atoms with Crippen LogP contribution in [0.25, 0.3) is 0 Å². The molecule has 0 fully saturated rings. The smallest absolute Gasteiger partial charge is 0.325 e. The maximum Gasteiger partial charge on any atom is 0.325 e. The van der Waals surface area contributed by atoms with Crippen LogP contribution in [0.4, 0.5) is 0 Å². The Balaban J connectivity index is 3.06. The Labute approximate surface area is 161 Å². The van der Waals surface area contributed by atoms with E-state index in [-0.39, 0.29) is 31.5 Å². The van der Waals surface area contributed by atoms with Crippen LogP contribution < -0.4 is 10.1 Å². The van der Waals surface area contributed by atoms with Gasteiger partial charge in [0, 0.05) is 13.5 Å². The van der Waals surface area contributed by atoms with Crippen molar-refractivity contribution in [3.8, 4) is 5.75 Å². The van der Waals surface area contributed by atoms with Crippen molar-refractivity contribution in [1.29, 1.82) is 0 Å². The summed E-state index contributed by atoms with van der Waals surface area (Å²) in [4.78, 5) is 38.5. The first-order valence-electron chi connectivity index (χ1n) is 9.19. The quantitative estimate of drug-likeness (QED) is 0.632. The van der Waals surface area contributed by atoms with Gasteiger partial charge in [0.2, 0.25) is 11.8 Å².